The molecule has 0 radical (unpaired) electrons. The molecule has 0 fully saturated rings. The number of hydrogen-bond donors (Lipinski definition) is 0. The molecule has 0 bridgehead atoms. The molecule has 0 aliphatic carbocycles. The number of nitrogens with zero attached hydrogens (tertiary/aromatic N) is 4. The number of rotatable bonds is 4. The van der Waals surface area contributed by atoms with Gasteiger partial charge in [-0.15, -0.1) is 5.10 Å². The second-order valence-electron chi connectivity index (χ2n) is 6.96. The Balaban J connectivity index is 1.78. The highest BCUT2D eigenvalue weighted by atomic mass is 16.2. The van der Waals surface area contributed by atoms with Gasteiger partial charge >= 0.3 is 5.69 Å². The van der Waals surface area contributed by atoms with Gasteiger partial charge in [0.1, 0.15) is 0 Å². The van der Waals surface area contributed by atoms with Crippen LogP contribution in [0.25, 0.3) is 16.7 Å². The lowest BCUT2D eigenvalue weighted by Gasteiger charge is -2.09. The number of benzene rings is 3. The van der Waals surface area contributed by atoms with Crippen molar-refractivity contribution in [2.45, 2.75) is 13.1 Å². The highest BCUT2D eigenvalue weighted by molar-refractivity contribution is 5.80. The van der Waals surface area contributed by atoms with Crippen molar-refractivity contribution in [3.05, 3.63) is 117 Å². The predicted octanol–water partition coefficient (Wildman–Crippen LogP) is 2.91. The molecule has 0 unspecified atom stereocenters. The first-order chi connectivity index (χ1) is 14.2. The van der Waals surface area contributed by atoms with Crippen molar-refractivity contribution in [3.63, 3.8) is 0 Å². The Kier molecular flexibility index (Phi) is 4.09. The summed E-state index contributed by atoms with van der Waals surface area (Å²) in [6.07, 6.45) is 0. The highest BCUT2D eigenvalue weighted by Crippen LogP contribution is 2.13. The van der Waals surface area contributed by atoms with Crippen molar-refractivity contribution >= 4 is 16.7 Å². The molecule has 0 spiro atoms. The Morgan fingerprint density at radius 1 is 0.690 bits per heavy atom. The normalized spacial score (nSPS) is 11.3. The van der Waals surface area contributed by atoms with Gasteiger partial charge in [-0.2, -0.15) is 0 Å². The van der Waals surface area contributed by atoms with Gasteiger partial charge in [-0.05, 0) is 23.3 Å². The molecular weight excluding hydrogens is 364 g/mol. The van der Waals surface area contributed by atoms with E-state index < -0.39 is 0 Å². The van der Waals surface area contributed by atoms with Gasteiger partial charge in [0.2, 0.25) is 5.78 Å². The molecule has 0 aliphatic rings. The van der Waals surface area contributed by atoms with Gasteiger partial charge in [-0.25, -0.2) is 13.9 Å². The van der Waals surface area contributed by atoms with Gasteiger partial charge in [0.25, 0.3) is 5.56 Å². The quantitative estimate of drug-likeness (QED) is 0.480. The molecule has 3 aromatic carbocycles. The average Bonchev–Trinajstić information content (AvgIpc) is 3.09. The zero-order chi connectivity index (χ0) is 19.8. The maximum Gasteiger partial charge on any atom is 0.352 e. The van der Waals surface area contributed by atoms with Crippen LogP contribution in [0.2, 0.25) is 0 Å². The Hall–Kier alpha value is -3.93. The van der Waals surface area contributed by atoms with E-state index in [9.17, 15) is 9.59 Å². The Morgan fingerprint density at radius 2 is 1.28 bits per heavy atom. The molecule has 6 heteroatoms. The SMILES string of the molecule is O=c1c2ccccc2n2c(=O)n(Cc3ccccc3)nc2n1Cc1ccccc1. The maximum atomic E-state index is 13.2. The van der Waals surface area contributed by atoms with E-state index in [0.717, 1.165) is 11.1 Å². The Labute approximate surface area is 165 Å². The molecule has 0 saturated carbocycles. The van der Waals surface area contributed by atoms with Crippen molar-refractivity contribution < 1.29 is 0 Å². The Bertz CT molecular complexity index is 1430. The van der Waals surface area contributed by atoms with Crippen molar-refractivity contribution in [2.75, 3.05) is 0 Å². The van der Waals surface area contributed by atoms with Crippen LogP contribution in [0.3, 0.4) is 0 Å². The van der Waals surface area contributed by atoms with E-state index in [1.165, 1.54) is 9.08 Å². The van der Waals surface area contributed by atoms with Crippen LogP contribution in [-0.2, 0) is 13.1 Å². The molecule has 5 rings (SSSR count). The zero-order valence-corrected chi connectivity index (χ0v) is 15.6. The maximum absolute atomic E-state index is 13.2. The van der Waals surface area contributed by atoms with Crippen LogP contribution in [0.15, 0.2) is 94.5 Å². The van der Waals surface area contributed by atoms with Crippen LogP contribution >= 0.6 is 0 Å². The molecule has 5 aromatic rings. The minimum absolute atomic E-state index is 0.159. The molecule has 2 aromatic heterocycles. The first-order valence-electron chi connectivity index (χ1n) is 9.41. The summed E-state index contributed by atoms with van der Waals surface area (Å²) in [6.45, 7) is 0.686. The zero-order valence-electron chi connectivity index (χ0n) is 15.6. The summed E-state index contributed by atoms with van der Waals surface area (Å²) in [5.41, 5.74) is 2.09. The van der Waals surface area contributed by atoms with Crippen molar-refractivity contribution in [3.8, 4) is 0 Å². The van der Waals surface area contributed by atoms with E-state index in [2.05, 4.69) is 5.10 Å². The summed E-state index contributed by atoms with van der Waals surface area (Å²) in [5, 5.41) is 5.04. The van der Waals surface area contributed by atoms with Gasteiger partial charge < -0.3 is 0 Å². The van der Waals surface area contributed by atoms with Gasteiger partial charge in [-0.1, -0.05) is 72.8 Å². The lowest BCUT2D eigenvalue weighted by Crippen LogP contribution is -2.27. The molecule has 142 valence electrons. The average molecular weight is 382 g/mol. The van der Waals surface area contributed by atoms with E-state index in [1.807, 2.05) is 72.8 Å². The monoisotopic (exact) mass is 382 g/mol. The summed E-state index contributed by atoms with van der Waals surface area (Å²) >= 11 is 0. The molecule has 29 heavy (non-hydrogen) atoms. The van der Waals surface area contributed by atoms with Gasteiger partial charge in [0, 0.05) is 0 Å². The lowest BCUT2D eigenvalue weighted by atomic mass is 10.2. The minimum atomic E-state index is -0.262. The molecule has 0 atom stereocenters. The van der Waals surface area contributed by atoms with Crippen LogP contribution in [0.5, 0.6) is 0 Å². The fraction of sp³-hybridized carbons (Fsp3) is 0.0870. The van der Waals surface area contributed by atoms with Crippen molar-refractivity contribution in [2.24, 2.45) is 0 Å². The minimum Gasteiger partial charge on any atom is -0.272 e. The summed E-state index contributed by atoms with van der Waals surface area (Å²) in [6, 6.07) is 26.6. The van der Waals surface area contributed by atoms with Crippen molar-refractivity contribution in [1.82, 2.24) is 18.7 Å². The Morgan fingerprint density at radius 3 is 1.97 bits per heavy atom. The molecule has 2 heterocycles. The summed E-state index contributed by atoms with van der Waals surface area (Å²) in [7, 11) is 0. The molecule has 0 N–H and O–H groups in total. The highest BCUT2D eigenvalue weighted by Gasteiger charge is 2.17. The van der Waals surface area contributed by atoms with E-state index in [4.69, 9.17) is 0 Å². The number of fused-ring (bicyclic) bond motifs is 3. The summed E-state index contributed by atoms with van der Waals surface area (Å²) < 4.78 is 4.52. The van der Waals surface area contributed by atoms with Crippen LogP contribution < -0.4 is 11.2 Å². The molecule has 0 saturated heterocycles. The molecule has 0 amide bonds. The van der Waals surface area contributed by atoms with Gasteiger partial charge in [0.15, 0.2) is 0 Å². The van der Waals surface area contributed by atoms with Crippen LogP contribution in [-0.4, -0.2) is 18.7 Å². The van der Waals surface area contributed by atoms with Crippen LogP contribution in [0.4, 0.5) is 0 Å². The first kappa shape index (κ1) is 17.2. The van der Waals surface area contributed by atoms with E-state index >= 15 is 0 Å². The third-order valence-electron chi connectivity index (χ3n) is 5.04. The third kappa shape index (κ3) is 2.95. The van der Waals surface area contributed by atoms with E-state index in [1.54, 1.807) is 16.7 Å². The topological polar surface area (TPSA) is 61.3 Å². The fourth-order valence-electron chi connectivity index (χ4n) is 3.64. The van der Waals surface area contributed by atoms with Gasteiger partial charge in [-0.3, -0.25) is 9.36 Å². The molecule has 6 nitrogen and oxygen atoms in total. The van der Waals surface area contributed by atoms with E-state index in [0.29, 0.717) is 29.8 Å². The number of aromatic nitrogens is 4. The number of para-hydroxylation sites is 1. The summed E-state index contributed by atoms with van der Waals surface area (Å²) in [4.78, 5) is 26.4. The smallest absolute Gasteiger partial charge is 0.272 e. The van der Waals surface area contributed by atoms with Crippen LogP contribution in [0.1, 0.15) is 11.1 Å². The fourth-order valence-corrected chi connectivity index (χ4v) is 3.64. The largest absolute Gasteiger partial charge is 0.352 e. The standard InChI is InChI=1S/C23H18N4O2/c28-21-19-13-7-8-14-20(19)27-22(25(21)15-17-9-3-1-4-10-17)24-26(23(27)29)16-18-11-5-2-6-12-18/h1-14H,15-16H2. The van der Waals surface area contributed by atoms with E-state index in [-0.39, 0.29) is 11.2 Å². The lowest BCUT2D eigenvalue weighted by molar-refractivity contribution is 0.654. The van der Waals surface area contributed by atoms with Gasteiger partial charge in [0.05, 0.1) is 24.0 Å². The number of hydrogen-bond acceptors (Lipinski definition) is 3. The van der Waals surface area contributed by atoms with Crippen LogP contribution in [0, 0.1) is 0 Å². The molecular formula is C23H18N4O2. The third-order valence-corrected chi connectivity index (χ3v) is 5.04. The predicted molar refractivity (Wildman–Crippen MR) is 112 cm³/mol. The first-order valence-corrected chi connectivity index (χ1v) is 9.41. The summed E-state index contributed by atoms with van der Waals surface area (Å²) in [5.74, 6) is 0.346. The van der Waals surface area contributed by atoms with Crippen molar-refractivity contribution in [1.29, 1.82) is 0 Å². The molecule has 0 aliphatic heterocycles. The second kappa shape index (κ2) is 6.91. The second-order valence-corrected chi connectivity index (χ2v) is 6.96.